The van der Waals surface area contributed by atoms with Crippen molar-refractivity contribution >= 4 is 12.3 Å². The van der Waals surface area contributed by atoms with Crippen LogP contribution in [0.5, 0.6) is 0 Å². The Balaban J connectivity index is 3.80. The average Bonchev–Trinajstić information content (AvgIpc) is 1.99. The van der Waals surface area contributed by atoms with E-state index in [0.29, 0.717) is 19.4 Å². The van der Waals surface area contributed by atoms with Gasteiger partial charge in [0, 0.05) is 13.0 Å². The lowest BCUT2D eigenvalue weighted by Gasteiger charge is -2.11. The Morgan fingerprint density at radius 3 is 2.40 bits per heavy atom. The Kier molecular flexibility index (Phi) is 4.54. The van der Waals surface area contributed by atoms with Gasteiger partial charge in [-0.1, -0.05) is 13.8 Å². The maximum atomic E-state index is 10.8. The summed E-state index contributed by atoms with van der Waals surface area (Å²) in [6.07, 6.45) is 1.82. The first-order chi connectivity index (χ1) is 4.76. The van der Waals surface area contributed by atoms with E-state index < -0.39 is 0 Å². The molecule has 0 saturated carbocycles. The predicted octanol–water partition coefficient (Wildman–Crippen LogP) is 0.791. The SMILES string of the molecule is CCCN(C=O)C(=O)CC. The molecule has 0 aromatic rings. The molecule has 0 aromatic carbocycles. The lowest BCUT2D eigenvalue weighted by atomic mass is 10.4. The molecule has 0 spiro atoms. The lowest BCUT2D eigenvalue weighted by molar-refractivity contribution is -0.137. The predicted molar refractivity (Wildman–Crippen MR) is 38.4 cm³/mol. The molecule has 0 aliphatic heterocycles. The van der Waals surface area contributed by atoms with Gasteiger partial charge < -0.3 is 0 Å². The van der Waals surface area contributed by atoms with E-state index in [4.69, 9.17) is 0 Å². The first kappa shape index (κ1) is 9.14. The number of carbonyl (C=O) groups is 2. The number of amides is 2. The normalized spacial score (nSPS) is 9.00. The molecule has 58 valence electrons. The minimum Gasteiger partial charge on any atom is -0.285 e. The number of carbonyl (C=O) groups excluding carboxylic acids is 2. The van der Waals surface area contributed by atoms with Crippen LogP contribution < -0.4 is 0 Å². The van der Waals surface area contributed by atoms with Crippen molar-refractivity contribution in [1.29, 1.82) is 0 Å². The van der Waals surface area contributed by atoms with Crippen molar-refractivity contribution in [3.63, 3.8) is 0 Å². The number of hydrogen-bond acceptors (Lipinski definition) is 2. The average molecular weight is 143 g/mol. The smallest absolute Gasteiger partial charge is 0.228 e. The van der Waals surface area contributed by atoms with Crippen molar-refractivity contribution in [3.05, 3.63) is 0 Å². The molecule has 0 bridgehead atoms. The summed E-state index contributed by atoms with van der Waals surface area (Å²) in [6, 6.07) is 0. The first-order valence-electron chi connectivity index (χ1n) is 3.51. The van der Waals surface area contributed by atoms with E-state index in [1.165, 1.54) is 4.90 Å². The van der Waals surface area contributed by atoms with Crippen LogP contribution in [0.3, 0.4) is 0 Å². The molecule has 3 nitrogen and oxygen atoms in total. The van der Waals surface area contributed by atoms with Gasteiger partial charge >= 0.3 is 0 Å². The fourth-order valence-electron chi connectivity index (χ4n) is 0.680. The largest absolute Gasteiger partial charge is 0.285 e. The molecule has 0 fully saturated rings. The summed E-state index contributed by atoms with van der Waals surface area (Å²) in [6.45, 7) is 4.21. The monoisotopic (exact) mass is 143 g/mol. The zero-order valence-corrected chi connectivity index (χ0v) is 6.46. The Labute approximate surface area is 61.0 Å². The third kappa shape index (κ3) is 2.62. The third-order valence-electron chi connectivity index (χ3n) is 1.21. The van der Waals surface area contributed by atoms with Crippen LogP contribution in [-0.2, 0) is 9.59 Å². The van der Waals surface area contributed by atoms with Gasteiger partial charge in [0.1, 0.15) is 0 Å². The van der Waals surface area contributed by atoms with E-state index in [1.807, 2.05) is 6.92 Å². The Morgan fingerprint density at radius 2 is 2.10 bits per heavy atom. The van der Waals surface area contributed by atoms with Crippen LogP contribution in [0.1, 0.15) is 26.7 Å². The summed E-state index contributed by atoms with van der Waals surface area (Å²) in [5.41, 5.74) is 0. The van der Waals surface area contributed by atoms with Gasteiger partial charge in [-0.2, -0.15) is 0 Å². The molecule has 0 N–H and O–H groups in total. The topological polar surface area (TPSA) is 37.4 Å². The third-order valence-corrected chi connectivity index (χ3v) is 1.21. The molecule has 0 heterocycles. The number of hydrogen-bond donors (Lipinski definition) is 0. The van der Waals surface area contributed by atoms with Gasteiger partial charge in [-0.15, -0.1) is 0 Å². The highest BCUT2D eigenvalue weighted by Gasteiger charge is 2.06. The van der Waals surface area contributed by atoms with Gasteiger partial charge in [-0.05, 0) is 6.42 Å². The van der Waals surface area contributed by atoms with Gasteiger partial charge in [0.2, 0.25) is 12.3 Å². The van der Waals surface area contributed by atoms with E-state index in [0.717, 1.165) is 6.42 Å². The molecule has 0 saturated heterocycles. The van der Waals surface area contributed by atoms with Crippen molar-refractivity contribution in [2.45, 2.75) is 26.7 Å². The van der Waals surface area contributed by atoms with E-state index in [-0.39, 0.29) is 5.91 Å². The Morgan fingerprint density at radius 1 is 1.50 bits per heavy atom. The van der Waals surface area contributed by atoms with Crippen molar-refractivity contribution in [2.75, 3.05) is 6.54 Å². The van der Waals surface area contributed by atoms with Crippen molar-refractivity contribution in [1.82, 2.24) is 4.90 Å². The maximum absolute atomic E-state index is 10.8. The first-order valence-corrected chi connectivity index (χ1v) is 3.51. The highest BCUT2D eigenvalue weighted by molar-refractivity contribution is 5.85. The van der Waals surface area contributed by atoms with E-state index in [9.17, 15) is 9.59 Å². The number of rotatable bonds is 4. The molecule has 0 aromatic heterocycles. The van der Waals surface area contributed by atoms with Crippen molar-refractivity contribution < 1.29 is 9.59 Å². The fourth-order valence-corrected chi connectivity index (χ4v) is 0.680. The Bertz CT molecular complexity index is 123. The molecule has 2 amide bonds. The molecule has 10 heavy (non-hydrogen) atoms. The van der Waals surface area contributed by atoms with Crippen molar-refractivity contribution in [2.24, 2.45) is 0 Å². The highest BCUT2D eigenvalue weighted by Crippen LogP contribution is 1.91. The summed E-state index contributed by atoms with van der Waals surface area (Å²) in [5, 5.41) is 0. The second kappa shape index (κ2) is 4.97. The summed E-state index contributed by atoms with van der Waals surface area (Å²) in [4.78, 5) is 22.2. The van der Waals surface area contributed by atoms with Gasteiger partial charge in [0.05, 0.1) is 0 Å². The van der Waals surface area contributed by atoms with Crippen LogP contribution in [0.4, 0.5) is 0 Å². The molecule has 0 aliphatic rings. The van der Waals surface area contributed by atoms with E-state index >= 15 is 0 Å². The zero-order chi connectivity index (χ0) is 7.98. The lowest BCUT2D eigenvalue weighted by Crippen LogP contribution is -2.29. The Hall–Kier alpha value is -0.860. The summed E-state index contributed by atoms with van der Waals surface area (Å²) < 4.78 is 0. The molecule has 0 unspecified atom stereocenters. The van der Waals surface area contributed by atoms with Crippen LogP contribution >= 0.6 is 0 Å². The quantitative estimate of drug-likeness (QED) is 0.546. The van der Waals surface area contributed by atoms with Crippen LogP contribution in [-0.4, -0.2) is 23.8 Å². The zero-order valence-electron chi connectivity index (χ0n) is 6.46. The molecule has 0 radical (unpaired) electrons. The van der Waals surface area contributed by atoms with Crippen LogP contribution in [0.25, 0.3) is 0 Å². The number of imide groups is 1. The minimum absolute atomic E-state index is 0.100. The fraction of sp³-hybridized carbons (Fsp3) is 0.714. The molecular weight excluding hydrogens is 130 g/mol. The van der Waals surface area contributed by atoms with Crippen LogP contribution in [0.2, 0.25) is 0 Å². The van der Waals surface area contributed by atoms with E-state index in [2.05, 4.69) is 0 Å². The summed E-state index contributed by atoms with van der Waals surface area (Å²) in [7, 11) is 0. The second-order valence-corrected chi connectivity index (χ2v) is 2.05. The molecule has 0 aliphatic carbocycles. The number of nitrogens with zero attached hydrogens (tertiary/aromatic N) is 1. The van der Waals surface area contributed by atoms with Crippen LogP contribution in [0.15, 0.2) is 0 Å². The van der Waals surface area contributed by atoms with Gasteiger partial charge in [0.15, 0.2) is 0 Å². The summed E-state index contributed by atoms with van der Waals surface area (Å²) in [5.74, 6) is -0.100. The molecule has 3 heteroatoms. The standard InChI is InChI=1S/C7H13NO2/c1-3-5-8(6-9)7(10)4-2/h6H,3-5H2,1-2H3. The molecule has 0 atom stereocenters. The minimum atomic E-state index is -0.100. The van der Waals surface area contributed by atoms with Gasteiger partial charge in [-0.25, -0.2) is 0 Å². The van der Waals surface area contributed by atoms with Gasteiger partial charge in [-0.3, -0.25) is 14.5 Å². The van der Waals surface area contributed by atoms with E-state index in [1.54, 1.807) is 6.92 Å². The van der Waals surface area contributed by atoms with Gasteiger partial charge in [0.25, 0.3) is 0 Å². The van der Waals surface area contributed by atoms with Crippen molar-refractivity contribution in [3.8, 4) is 0 Å². The summed E-state index contributed by atoms with van der Waals surface area (Å²) >= 11 is 0. The molecule has 0 rings (SSSR count). The van der Waals surface area contributed by atoms with Crippen LogP contribution in [0, 0.1) is 0 Å². The molecular formula is C7H13NO2. The maximum Gasteiger partial charge on any atom is 0.228 e. The second-order valence-electron chi connectivity index (χ2n) is 2.05. The highest BCUT2D eigenvalue weighted by atomic mass is 16.2.